The molecule has 2 aromatic heterocycles. The number of benzene rings is 1. The Morgan fingerprint density at radius 3 is 2.84 bits per heavy atom. The van der Waals surface area contributed by atoms with E-state index in [9.17, 15) is 10.0 Å². The second-order valence-corrected chi connectivity index (χ2v) is 5.11. The molecule has 3 rings (SSSR count). The zero-order valence-corrected chi connectivity index (χ0v) is 10.9. The van der Waals surface area contributed by atoms with Gasteiger partial charge in [-0.15, -0.1) is 4.91 Å². The molecule has 2 heterocycles. The molecule has 0 saturated heterocycles. The third-order valence-corrected chi connectivity index (χ3v) is 4.16. The van der Waals surface area contributed by atoms with E-state index < -0.39 is 0 Å². The van der Waals surface area contributed by atoms with Gasteiger partial charge in [0.1, 0.15) is 10.9 Å². The maximum absolute atomic E-state index is 10.7. The van der Waals surface area contributed by atoms with Gasteiger partial charge < -0.3 is 5.11 Å². The van der Waals surface area contributed by atoms with Gasteiger partial charge >= 0.3 is 10.7 Å². The van der Waals surface area contributed by atoms with Crippen LogP contribution in [0.4, 0.5) is 5.69 Å². The number of nitrogens with one attached hydrogen (secondary N) is 1. The summed E-state index contributed by atoms with van der Waals surface area (Å²) in [6.07, 6.45) is 0. The first-order chi connectivity index (χ1) is 9.13. The summed E-state index contributed by atoms with van der Waals surface area (Å²) >= 11 is 1.49. The Morgan fingerprint density at radius 2 is 2.21 bits per heavy atom. The Hall–Kier alpha value is -2.41. The lowest BCUT2D eigenvalue weighted by molar-refractivity contribution is -0.583. The Labute approximate surface area is 111 Å². The van der Waals surface area contributed by atoms with E-state index in [-0.39, 0.29) is 16.9 Å². The minimum absolute atomic E-state index is 0.0718. The van der Waals surface area contributed by atoms with Crippen molar-refractivity contribution in [2.45, 2.75) is 0 Å². The molecule has 0 fully saturated rings. The smallest absolute Gasteiger partial charge is 0.368 e. The Bertz CT molecular complexity index is 935. The SMILES string of the molecule is C=c1[nH][n+](=c2sc3ccccc3n2C)c(O)c1N=O. The van der Waals surface area contributed by atoms with Gasteiger partial charge in [-0.25, -0.2) is 9.67 Å². The van der Waals surface area contributed by atoms with Crippen molar-refractivity contribution in [3.8, 4) is 5.88 Å². The summed E-state index contributed by atoms with van der Waals surface area (Å²) in [7, 11) is 1.89. The molecule has 0 atom stereocenters. The van der Waals surface area contributed by atoms with Crippen molar-refractivity contribution in [1.82, 2.24) is 9.67 Å². The Morgan fingerprint density at radius 1 is 1.47 bits per heavy atom. The normalized spacial score (nSPS) is 12.9. The molecule has 7 heteroatoms. The molecule has 0 aliphatic rings. The molecule has 1 aromatic carbocycles. The second-order valence-electron chi connectivity index (χ2n) is 4.10. The van der Waals surface area contributed by atoms with Gasteiger partial charge in [0.15, 0.2) is 0 Å². The van der Waals surface area contributed by atoms with E-state index in [4.69, 9.17) is 0 Å². The van der Waals surface area contributed by atoms with Crippen LogP contribution in [0.5, 0.6) is 5.88 Å². The van der Waals surface area contributed by atoms with Gasteiger partial charge in [0.2, 0.25) is 5.69 Å². The van der Waals surface area contributed by atoms with Crippen LogP contribution in [-0.4, -0.2) is 14.8 Å². The number of aromatic nitrogens is 3. The van der Waals surface area contributed by atoms with Gasteiger partial charge in [0, 0.05) is 0 Å². The van der Waals surface area contributed by atoms with E-state index in [1.165, 1.54) is 15.7 Å². The van der Waals surface area contributed by atoms with E-state index in [0.29, 0.717) is 0 Å². The van der Waals surface area contributed by atoms with Crippen LogP contribution in [0.1, 0.15) is 0 Å². The molecule has 0 amide bonds. The fourth-order valence-electron chi connectivity index (χ4n) is 2.00. The molecule has 0 spiro atoms. The van der Waals surface area contributed by atoms with Crippen LogP contribution in [0.15, 0.2) is 29.4 Å². The number of aromatic amines is 1. The summed E-state index contributed by atoms with van der Waals surface area (Å²) in [4.78, 5) is 11.4. The number of hydrogen-bond donors (Lipinski definition) is 2. The van der Waals surface area contributed by atoms with E-state index in [1.54, 1.807) is 0 Å². The maximum Gasteiger partial charge on any atom is 0.368 e. The highest BCUT2D eigenvalue weighted by molar-refractivity contribution is 7.16. The van der Waals surface area contributed by atoms with Crippen LogP contribution < -0.4 is 9.71 Å². The maximum atomic E-state index is 10.7. The molecule has 0 bridgehead atoms. The third kappa shape index (κ3) is 1.59. The van der Waals surface area contributed by atoms with Crippen molar-refractivity contribution < 1.29 is 9.46 Å². The molecule has 0 saturated carbocycles. The first-order valence-electron chi connectivity index (χ1n) is 5.53. The molecule has 0 unspecified atom stereocenters. The molecule has 0 radical (unpaired) electrons. The number of hydrogen-bond acceptors (Lipinski definition) is 4. The first-order valence-corrected chi connectivity index (χ1v) is 6.35. The van der Waals surface area contributed by atoms with Crippen molar-refractivity contribution in [1.29, 1.82) is 0 Å². The van der Waals surface area contributed by atoms with Gasteiger partial charge in [-0.1, -0.05) is 23.1 Å². The second kappa shape index (κ2) is 4.06. The van der Waals surface area contributed by atoms with Gasteiger partial charge in [-0.3, -0.25) is 0 Å². The molecule has 0 aliphatic heterocycles. The average Bonchev–Trinajstić information content (AvgIpc) is 2.88. The molecule has 0 aliphatic carbocycles. The molecule has 6 nitrogen and oxygen atoms in total. The fourth-order valence-corrected chi connectivity index (χ4v) is 3.11. The largest absolute Gasteiger partial charge is 0.474 e. The first kappa shape index (κ1) is 11.7. The summed E-state index contributed by atoms with van der Waals surface area (Å²) in [5.74, 6) is -0.234. The number of fused-ring (bicyclic) bond motifs is 1. The van der Waals surface area contributed by atoms with Crippen LogP contribution in [0.2, 0.25) is 0 Å². The highest BCUT2D eigenvalue weighted by atomic mass is 32.1. The highest BCUT2D eigenvalue weighted by Crippen LogP contribution is 2.21. The Kier molecular flexibility index (Phi) is 2.49. The third-order valence-electron chi connectivity index (χ3n) is 2.95. The molecular weight excluding hydrogens is 264 g/mol. The van der Waals surface area contributed by atoms with Gasteiger partial charge in [-0.05, 0) is 28.6 Å². The van der Waals surface area contributed by atoms with Crippen molar-refractivity contribution in [2.75, 3.05) is 0 Å². The molecule has 3 aromatic rings. The van der Waals surface area contributed by atoms with E-state index >= 15 is 0 Å². The molecule has 2 N–H and O–H groups in total. The summed E-state index contributed by atoms with van der Waals surface area (Å²) in [6, 6.07) is 7.88. The fraction of sp³-hybridized carbons (Fsp3) is 0.0833. The average molecular weight is 275 g/mol. The van der Waals surface area contributed by atoms with Gasteiger partial charge in [0.25, 0.3) is 0 Å². The highest BCUT2D eigenvalue weighted by Gasteiger charge is 2.17. The van der Waals surface area contributed by atoms with Crippen molar-refractivity contribution in [2.24, 2.45) is 12.2 Å². The lowest BCUT2D eigenvalue weighted by Gasteiger charge is -1.86. The van der Waals surface area contributed by atoms with Gasteiger partial charge in [0.05, 0.1) is 11.7 Å². The predicted octanol–water partition coefficient (Wildman–Crippen LogP) is 1.45. The zero-order valence-electron chi connectivity index (χ0n) is 10.1. The van der Waals surface area contributed by atoms with Crippen molar-refractivity contribution >= 4 is 33.8 Å². The summed E-state index contributed by atoms with van der Waals surface area (Å²) in [5.41, 5.74) is 0.965. The van der Waals surface area contributed by atoms with E-state index in [2.05, 4.69) is 16.9 Å². The number of H-pyrrole nitrogens is 1. The number of aromatic hydroxyl groups is 1. The van der Waals surface area contributed by atoms with Crippen LogP contribution in [0.25, 0.3) is 16.8 Å². The Balaban J connectivity index is 2.60. The van der Waals surface area contributed by atoms with Crippen molar-refractivity contribution in [3.63, 3.8) is 0 Å². The number of para-hydroxylation sites is 1. The molecular formula is C12H11N4O2S+. The molecule has 96 valence electrons. The number of rotatable bonds is 1. The predicted molar refractivity (Wildman–Crippen MR) is 72.7 cm³/mol. The van der Waals surface area contributed by atoms with Crippen LogP contribution in [0.3, 0.4) is 0 Å². The minimum atomic E-state index is -0.234. The van der Waals surface area contributed by atoms with E-state index in [0.717, 1.165) is 15.0 Å². The monoisotopic (exact) mass is 275 g/mol. The lowest BCUT2D eigenvalue weighted by Crippen LogP contribution is -2.24. The number of aryl methyl sites for hydroxylation is 1. The quantitative estimate of drug-likeness (QED) is 0.521. The number of nitrogens with zero attached hydrogens (tertiary/aromatic N) is 3. The van der Waals surface area contributed by atoms with E-state index in [1.807, 2.05) is 35.9 Å². The molecule has 19 heavy (non-hydrogen) atoms. The van der Waals surface area contributed by atoms with Crippen LogP contribution in [0, 0.1) is 9.71 Å². The van der Waals surface area contributed by atoms with Crippen LogP contribution in [-0.2, 0) is 7.05 Å². The van der Waals surface area contributed by atoms with Crippen molar-refractivity contribution in [3.05, 3.63) is 39.3 Å². The number of thiazole rings is 1. The van der Waals surface area contributed by atoms with Crippen LogP contribution >= 0.6 is 11.3 Å². The van der Waals surface area contributed by atoms with Gasteiger partial charge in [-0.2, -0.15) is 0 Å². The topological polar surface area (TPSA) is 76.3 Å². The lowest BCUT2D eigenvalue weighted by atomic mass is 10.3. The summed E-state index contributed by atoms with van der Waals surface area (Å²) < 4.78 is 4.40. The minimum Gasteiger partial charge on any atom is -0.474 e. The zero-order chi connectivity index (χ0) is 13.6. The standard InChI is InChI=1S/C12H10N4O2S/c1-7-10(14-18)11(17)16(13-7)12-15(2)8-5-3-4-6-9(8)19-12/h3-6,13H,1H2,2H3/p+1. The number of nitroso groups, excluding NO2 is 1. The summed E-state index contributed by atoms with van der Waals surface area (Å²) in [5, 5.41) is 15.9. The summed E-state index contributed by atoms with van der Waals surface area (Å²) in [6.45, 7) is 3.65.